The molecule has 0 radical (unpaired) electrons. The molecular weight excluding hydrogens is 302 g/mol. The van der Waals surface area contributed by atoms with Crippen LogP contribution in [0.4, 0.5) is 0 Å². The molecule has 17 heavy (non-hydrogen) atoms. The van der Waals surface area contributed by atoms with Crippen LogP contribution in [0.15, 0.2) is 29.2 Å². The van der Waals surface area contributed by atoms with Crippen LogP contribution < -0.4 is 4.72 Å². The number of benzene rings is 1. The lowest BCUT2D eigenvalue weighted by molar-refractivity contribution is 0.407. The van der Waals surface area contributed by atoms with E-state index in [2.05, 4.69) is 20.7 Å². The summed E-state index contributed by atoms with van der Waals surface area (Å²) in [5.41, 5.74) is 0.989. The van der Waals surface area contributed by atoms with E-state index in [0.717, 1.165) is 10.9 Å². The van der Waals surface area contributed by atoms with Crippen molar-refractivity contribution < 1.29 is 8.42 Å². The predicted molar refractivity (Wildman–Crippen MR) is 73.7 cm³/mol. The van der Waals surface area contributed by atoms with Crippen LogP contribution in [0.2, 0.25) is 0 Å². The number of rotatable bonds is 4. The van der Waals surface area contributed by atoms with Crippen molar-refractivity contribution in [3.8, 4) is 0 Å². The molecular formula is C12H18BrNO2S. The van der Waals surface area contributed by atoms with Gasteiger partial charge < -0.3 is 0 Å². The largest absolute Gasteiger partial charge is 0.240 e. The molecule has 0 aliphatic carbocycles. The number of hydrogen-bond acceptors (Lipinski definition) is 2. The van der Waals surface area contributed by atoms with Crippen molar-refractivity contribution >= 4 is 26.0 Å². The summed E-state index contributed by atoms with van der Waals surface area (Å²) >= 11 is 3.32. The first-order valence-electron chi connectivity index (χ1n) is 5.39. The third-order valence-corrected chi connectivity index (χ3v) is 4.25. The second-order valence-electron chi connectivity index (χ2n) is 5.16. The van der Waals surface area contributed by atoms with Gasteiger partial charge in [-0.15, -0.1) is 0 Å². The molecule has 0 atom stereocenters. The molecule has 0 aromatic heterocycles. The first-order valence-corrected chi connectivity index (χ1v) is 8.00. The van der Waals surface area contributed by atoms with Crippen LogP contribution in [0.5, 0.6) is 0 Å². The lowest BCUT2D eigenvalue weighted by atomic mass is 9.98. The smallest absolute Gasteiger partial charge is 0.211 e. The molecule has 0 fully saturated rings. The molecule has 1 aromatic carbocycles. The maximum atomic E-state index is 12.0. The van der Waals surface area contributed by atoms with Gasteiger partial charge in [-0.05, 0) is 23.1 Å². The Bertz CT molecular complexity index is 460. The molecule has 3 nitrogen and oxygen atoms in total. The average Bonchev–Trinajstić information content (AvgIpc) is 2.26. The number of alkyl halides is 1. The molecule has 0 unspecified atom stereocenters. The minimum absolute atomic E-state index is 0.0666. The van der Waals surface area contributed by atoms with E-state index in [4.69, 9.17) is 0 Å². The quantitative estimate of drug-likeness (QED) is 0.867. The molecule has 96 valence electrons. The van der Waals surface area contributed by atoms with Crippen molar-refractivity contribution in [2.45, 2.75) is 31.0 Å². The third-order valence-electron chi connectivity index (χ3n) is 2.18. The van der Waals surface area contributed by atoms with Gasteiger partial charge in [-0.2, -0.15) is 0 Å². The van der Waals surface area contributed by atoms with Crippen LogP contribution in [0, 0.1) is 5.41 Å². The van der Waals surface area contributed by atoms with E-state index in [-0.39, 0.29) is 5.41 Å². The van der Waals surface area contributed by atoms with E-state index in [0.29, 0.717) is 11.4 Å². The average molecular weight is 320 g/mol. The SMILES string of the molecule is CC(C)(C)CNS(=O)(=O)c1ccc(CBr)cc1. The summed E-state index contributed by atoms with van der Waals surface area (Å²) in [4.78, 5) is 0.312. The van der Waals surface area contributed by atoms with E-state index >= 15 is 0 Å². The van der Waals surface area contributed by atoms with Gasteiger partial charge >= 0.3 is 0 Å². The highest BCUT2D eigenvalue weighted by Crippen LogP contribution is 2.15. The van der Waals surface area contributed by atoms with E-state index in [1.807, 2.05) is 20.8 Å². The number of sulfonamides is 1. The summed E-state index contributed by atoms with van der Waals surface area (Å²) in [7, 11) is -3.38. The van der Waals surface area contributed by atoms with Crippen molar-refractivity contribution in [3.63, 3.8) is 0 Å². The highest BCUT2D eigenvalue weighted by atomic mass is 79.9. The Kier molecular flexibility index (Phi) is 4.75. The Morgan fingerprint density at radius 3 is 2.12 bits per heavy atom. The predicted octanol–water partition coefficient (Wildman–Crippen LogP) is 2.91. The molecule has 0 aliphatic rings. The van der Waals surface area contributed by atoms with Crippen molar-refractivity contribution in [3.05, 3.63) is 29.8 Å². The molecule has 0 bridgehead atoms. The highest BCUT2D eigenvalue weighted by Gasteiger charge is 2.18. The van der Waals surface area contributed by atoms with E-state index in [1.54, 1.807) is 24.3 Å². The van der Waals surface area contributed by atoms with Crippen LogP contribution in [0.25, 0.3) is 0 Å². The molecule has 1 N–H and O–H groups in total. The molecule has 5 heteroatoms. The molecule has 0 heterocycles. The zero-order valence-electron chi connectivity index (χ0n) is 10.3. The summed E-state index contributed by atoms with van der Waals surface area (Å²) in [6.07, 6.45) is 0. The minimum atomic E-state index is -3.38. The van der Waals surface area contributed by atoms with E-state index in [1.165, 1.54) is 0 Å². The van der Waals surface area contributed by atoms with E-state index in [9.17, 15) is 8.42 Å². The summed E-state index contributed by atoms with van der Waals surface area (Å²) in [5.74, 6) is 0. The molecule has 0 saturated carbocycles. The molecule has 0 aliphatic heterocycles. The normalized spacial score (nSPS) is 12.7. The highest BCUT2D eigenvalue weighted by molar-refractivity contribution is 9.08. The molecule has 0 spiro atoms. The lowest BCUT2D eigenvalue weighted by Gasteiger charge is -2.18. The molecule has 1 aromatic rings. The second-order valence-corrected chi connectivity index (χ2v) is 7.49. The molecule has 0 amide bonds. The van der Waals surface area contributed by atoms with Crippen LogP contribution >= 0.6 is 15.9 Å². The summed E-state index contributed by atoms with van der Waals surface area (Å²) in [5, 5.41) is 0.725. The van der Waals surface area contributed by atoms with Gasteiger partial charge in [0.25, 0.3) is 0 Å². The lowest BCUT2D eigenvalue weighted by Crippen LogP contribution is -2.32. The van der Waals surface area contributed by atoms with Crippen molar-refractivity contribution in [1.29, 1.82) is 0 Å². The monoisotopic (exact) mass is 319 g/mol. The van der Waals surface area contributed by atoms with Crippen LogP contribution in [-0.4, -0.2) is 15.0 Å². The number of nitrogens with one attached hydrogen (secondary N) is 1. The maximum Gasteiger partial charge on any atom is 0.240 e. The summed E-state index contributed by atoms with van der Waals surface area (Å²) in [6.45, 7) is 6.39. The summed E-state index contributed by atoms with van der Waals surface area (Å²) in [6, 6.07) is 6.87. The molecule has 0 saturated heterocycles. The van der Waals surface area contributed by atoms with Crippen molar-refractivity contribution in [2.75, 3.05) is 6.54 Å². The topological polar surface area (TPSA) is 46.2 Å². The zero-order chi connectivity index (χ0) is 13.1. The fraction of sp³-hybridized carbons (Fsp3) is 0.500. The minimum Gasteiger partial charge on any atom is -0.211 e. The Labute approximate surface area is 112 Å². The van der Waals surface area contributed by atoms with Crippen LogP contribution in [0.1, 0.15) is 26.3 Å². The Hall–Kier alpha value is -0.390. The first kappa shape index (κ1) is 14.7. The Balaban J connectivity index is 2.82. The Morgan fingerprint density at radius 2 is 1.71 bits per heavy atom. The van der Waals surface area contributed by atoms with Gasteiger partial charge in [0.2, 0.25) is 10.0 Å². The standard InChI is InChI=1S/C12H18BrNO2S/c1-12(2,3)9-14-17(15,16)11-6-4-10(8-13)5-7-11/h4-7,14H,8-9H2,1-3H3. The van der Waals surface area contributed by atoms with Crippen LogP contribution in [0.3, 0.4) is 0 Å². The van der Waals surface area contributed by atoms with Crippen LogP contribution in [-0.2, 0) is 15.4 Å². The van der Waals surface area contributed by atoms with E-state index < -0.39 is 10.0 Å². The fourth-order valence-electron chi connectivity index (χ4n) is 1.15. The zero-order valence-corrected chi connectivity index (χ0v) is 12.7. The van der Waals surface area contributed by atoms with Gasteiger partial charge in [0, 0.05) is 11.9 Å². The third kappa shape index (κ3) is 4.77. The maximum absolute atomic E-state index is 12.0. The van der Waals surface area contributed by atoms with Gasteiger partial charge in [0.05, 0.1) is 4.90 Å². The van der Waals surface area contributed by atoms with Gasteiger partial charge in [-0.3, -0.25) is 0 Å². The van der Waals surface area contributed by atoms with Crippen molar-refractivity contribution in [1.82, 2.24) is 4.72 Å². The van der Waals surface area contributed by atoms with Crippen molar-refractivity contribution in [2.24, 2.45) is 5.41 Å². The van der Waals surface area contributed by atoms with Gasteiger partial charge in [0.15, 0.2) is 0 Å². The second kappa shape index (κ2) is 5.50. The fourth-order valence-corrected chi connectivity index (χ4v) is 2.81. The van der Waals surface area contributed by atoms with Gasteiger partial charge in [0.1, 0.15) is 0 Å². The Morgan fingerprint density at radius 1 is 1.18 bits per heavy atom. The summed E-state index contributed by atoms with van der Waals surface area (Å²) < 4.78 is 26.5. The number of hydrogen-bond donors (Lipinski definition) is 1. The van der Waals surface area contributed by atoms with Gasteiger partial charge in [-0.1, -0.05) is 48.8 Å². The molecule has 1 rings (SSSR count). The number of halogens is 1. The first-order chi connectivity index (χ1) is 7.74. The van der Waals surface area contributed by atoms with Gasteiger partial charge in [-0.25, -0.2) is 13.1 Å².